The van der Waals surface area contributed by atoms with Gasteiger partial charge in [-0.3, -0.25) is 14.3 Å². The second-order valence-electron chi connectivity index (χ2n) is 7.22. The standard InChI is InChI=1S/C23H24N4O3/c1-4-19(23(29)24-14-16-9-11-17(30-3)12-10-16)27-20-8-6-5-7-18(20)22-25-21(28)13-15(2)26(22)27/h5-13,19H,4,14H2,1-3H3,(H,24,29)/t19-/m1/s1. The molecule has 0 spiro atoms. The number of carbonyl (C=O) groups excluding carboxylic acids is 1. The fourth-order valence-electron chi connectivity index (χ4n) is 3.83. The summed E-state index contributed by atoms with van der Waals surface area (Å²) in [6.45, 7) is 4.25. The Morgan fingerprint density at radius 2 is 1.90 bits per heavy atom. The molecule has 1 N–H and O–H groups in total. The molecule has 7 heteroatoms. The van der Waals surface area contributed by atoms with Crippen molar-refractivity contribution >= 4 is 22.5 Å². The monoisotopic (exact) mass is 404 g/mol. The number of carbonyl (C=O) groups is 1. The number of aromatic nitrogens is 3. The van der Waals surface area contributed by atoms with Crippen molar-refractivity contribution < 1.29 is 9.53 Å². The Morgan fingerprint density at radius 1 is 1.17 bits per heavy atom. The van der Waals surface area contributed by atoms with E-state index in [1.54, 1.807) is 7.11 Å². The molecule has 2 aromatic heterocycles. The summed E-state index contributed by atoms with van der Waals surface area (Å²) >= 11 is 0. The predicted octanol–water partition coefficient (Wildman–Crippen LogP) is 3.23. The maximum Gasteiger partial charge on any atom is 0.273 e. The van der Waals surface area contributed by atoms with E-state index in [2.05, 4.69) is 10.3 Å². The van der Waals surface area contributed by atoms with Crippen molar-refractivity contribution in [2.45, 2.75) is 32.9 Å². The van der Waals surface area contributed by atoms with Crippen molar-refractivity contribution in [3.05, 3.63) is 76.2 Å². The van der Waals surface area contributed by atoms with E-state index in [4.69, 9.17) is 4.74 Å². The fourth-order valence-corrected chi connectivity index (χ4v) is 3.83. The zero-order valence-corrected chi connectivity index (χ0v) is 17.3. The maximum atomic E-state index is 13.2. The van der Waals surface area contributed by atoms with Crippen molar-refractivity contribution in [1.82, 2.24) is 19.5 Å². The molecule has 0 bridgehead atoms. The van der Waals surface area contributed by atoms with Crippen LogP contribution >= 0.6 is 0 Å². The average Bonchev–Trinajstić information content (AvgIpc) is 3.08. The second kappa shape index (κ2) is 8.02. The van der Waals surface area contributed by atoms with Gasteiger partial charge in [0.1, 0.15) is 11.8 Å². The molecule has 4 aromatic rings. The van der Waals surface area contributed by atoms with Gasteiger partial charge in [0.25, 0.3) is 5.56 Å². The Balaban J connectivity index is 1.73. The number of methoxy groups -OCH3 is 1. The number of para-hydroxylation sites is 1. The fraction of sp³-hybridized carbons (Fsp3) is 0.261. The highest BCUT2D eigenvalue weighted by molar-refractivity contribution is 5.94. The molecule has 4 rings (SSSR count). The van der Waals surface area contributed by atoms with Crippen LogP contribution in [-0.4, -0.2) is 27.2 Å². The Hall–Kier alpha value is -3.61. The van der Waals surface area contributed by atoms with E-state index < -0.39 is 6.04 Å². The number of benzene rings is 2. The Labute approximate surface area is 173 Å². The number of amides is 1. The van der Waals surface area contributed by atoms with Gasteiger partial charge in [-0.25, -0.2) is 4.52 Å². The van der Waals surface area contributed by atoms with Crippen LogP contribution in [0.1, 0.15) is 30.6 Å². The van der Waals surface area contributed by atoms with E-state index in [0.717, 1.165) is 27.9 Å². The summed E-state index contributed by atoms with van der Waals surface area (Å²) in [6.07, 6.45) is 0.591. The van der Waals surface area contributed by atoms with Crippen LogP contribution in [0, 0.1) is 6.92 Å². The molecule has 0 fully saturated rings. The van der Waals surface area contributed by atoms with Gasteiger partial charge in [0.05, 0.1) is 12.6 Å². The number of aryl methyl sites for hydroxylation is 1. The summed E-state index contributed by atoms with van der Waals surface area (Å²) in [5.41, 5.74) is 2.87. The van der Waals surface area contributed by atoms with Crippen molar-refractivity contribution in [1.29, 1.82) is 0 Å². The minimum atomic E-state index is -0.450. The number of nitrogens with one attached hydrogen (secondary N) is 1. The van der Waals surface area contributed by atoms with Crippen LogP contribution in [-0.2, 0) is 11.3 Å². The zero-order valence-electron chi connectivity index (χ0n) is 17.3. The summed E-state index contributed by atoms with van der Waals surface area (Å²) in [4.78, 5) is 29.4. The minimum absolute atomic E-state index is 0.0888. The molecule has 0 saturated heterocycles. The molecule has 0 aliphatic heterocycles. The molecular weight excluding hydrogens is 380 g/mol. The van der Waals surface area contributed by atoms with Crippen molar-refractivity contribution in [2.24, 2.45) is 0 Å². The number of ether oxygens (including phenoxy) is 1. The van der Waals surface area contributed by atoms with Crippen molar-refractivity contribution in [3.63, 3.8) is 0 Å². The average molecular weight is 404 g/mol. The number of nitrogens with zero attached hydrogens (tertiary/aromatic N) is 3. The molecule has 0 aliphatic rings. The molecule has 2 aromatic carbocycles. The lowest BCUT2D eigenvalue weighted by atomic mass is 10.1. The first kappa shape index (κ1) is 19.7. The maximum absolute atomic E-state index is 13.2. The van der Waals surface area contributed by atoms with Gasteiger partial charge in [-0.1, -0.05) is 31.2 Å². The Morgan fingerprint density at radius 3 is 2.60 bits per heavy atom. The van der Waals surface area contributed by atoms with Gasteiger partial charge in [-0.05, 0) is 43.2 Å². The molecule has 154 valence electrons. The molecule has 30 heavy (non-hydrogen) atoms. The third-order valence-electron chi connectivity index (χ3n) is 5.30. The van der Waals surface area contributed by atoms with Crippen LogP contribution < -0.4 is 15.6 Å². The second-order valence-corrected chi connectivity index (χ2v) is 7.22. The molecular formula is C23H24N4O3. The largest absolute Gasteiger partial charge is 0.497 e. The molecule has 7 nitrogen and oxygen atoms in total. The first-order valence-electron chi connectivity index (χ1n) is 9.93. The smallest absolute Gasteiger partial charge is 0.273 e. The molecule has 1 amide bonds. The van der Waals surface area contributed by atoms with Gasteiger partial charge in [0.2, 0.25) is 5.91 Å². The number of hydrogen-bond donors (Lipinski definition) is 1. The van der Waals surface area contributed by atoms with Crippen LogP contribution in [0.5, 0.6) is 5.75 Å². The highest BCUT2D eigenvalue weighted by Gasteiger charge is 2.24. The van der Waals surface area contributed by atoms with Crippen LogP contribution in [0.2, 0.25) is 0 Å². The molecule has 0 radical (unpaired) electrons. The Bertz CT molecular complexity index is 1270. The quantitative estimate of drug-likeness (QED) is 0.535. The third kappa shape index (κ3) is 3.43. The molecule has 2 heterocycles. The van der Waals surface area contributed by atoms with Crippen LogP contribution in [0.25, 0.3) is 16.6 Å². The van der Waals surface area contributed by atoms with Crippen molar-refractivity contribution in [3.8, 4) is 5.75 Å². The predicted molar refractivity (Wildman–Crippen MR) is 116 cm³/mol. The van der Waals surface area contributed by atoms with E-state index in [0.29, 0.717) is 18.6 Å². The van der Waals surface area contributed by atoms with Crippen LogP contribution in [0.3, 0.4) is 0 Å². The lowest BCUT2D eigenvalue weighted by Crippen LogP contribution is -2.34. The SMILES string of the molecule is CC[C@H](C(=O)NCc1ccc(OC)cc1)n1c2ccccc2c2nc(=O)cc(C)n21. The summed E-state index contributed by atoms with van der Waals surface area (Å²) in [6, 6.07) is 16.4. The summed E-state index contributed by atoms with van der Waals surface area (Å²) in [5, 5.41) is 3.89. The normalized spacial score (nSPS) is 12.2. The highest BCUT2D eigenvalue weighted by atomic mass is 16.5. The van der Waals surface area contributed by atoms with E-state index in [9.17, 15) is 9.59 Å². The topological polar surface area (TPSA) is 77.6 Å². The first-order valence-corrected chi connectivity index (χ1v) is 9.93. The summed E-state index contributed by atoms with van der Waals surface area (Å²) in [7, 11) is 1.62. The van der Waals surface area contributed by atoms with Gasteiger partial charge in [0.15, 0.2) is 5.65 Å². The van der Waals surface area contributed by atoms with Gasteiger partial charge in [-0.15, -0.1) is 0 Å². The highest BCUT2D eigenvalue weighted by Crippen LogP contribution is 2.26. The van der Waals surface area contributed by atoms with E-state index in [1.807, 2.05) is 71.6 Å². The molecule has 0 saturated carbocycles. The lowest BCUT2D eigenvalue weighted by Gasteiger charge is -2.20. The van der Waals surface area contributed by atoms with E-state index in [1.165, 1.54) is 6.07 Å². The van der Waals surface area contributed by atoms with Gasteiger partial charge in [0, 0.05) is 23.7 Å². The molecule has 1 atom stereocenters. The third-order valence-corrected chi connectivity index (χ3v) is 5.30. The zero-order chi connectivity index (χ0) is 21.3. The first-order chi connectivity index (χ1) is 14.5. The Kier molecular flexibility index (Phi) is 5.27. The lowest BCUT2D eigenvalue weighted by molar-refractivity contribution is -0.124. The minimum Gasteiger partial charge on any atom is -0.497 e. The number of rotatable bonds is 6. The van der Waals surface area contributed by atoms with Gasteiger partial charge >= 0.3 is 0 Å². The van der Waals surface area contributed by atoms with E-state index in [-0.39, 0.29) is 11.5 Å². The van der Waals surface area contributed by atoms with Crippen LogP contribution in [0.4, 0.5) is 0 Å². The molecule has 0 aliphatic carbocycles. The van der Waals surface area contributed by atoms with Gasteiger partial charge < -0.3 is 10.1 Å². The summed E-state index contributed by atoms with van der Waals surface area (Å²) < 4.78 is 8.99. The van der Waals surface area contributed by atoms with Gasteiger partial charge in [-0.2, -0.15) is 4.98 Å². The molecule has 0 unspecified atom stereocenters. The van der Waals surface area contributed by atoms with Crippen LogP contribution in [0.15, 0.2) is 59.4 Å². The van der Waals surface area contributed by atoms with Crippen molar-refractivity contribution in [2.75, 3.05) is 7.11 Å². The number of hydrogen-bond acceptors (Lipinski definition) is 4. The number of fused-ring (bicyclic) bond motifs is 3. The summed E-state index contributed by atoms with van der Waals surface area (Å²) in [5.74, 6) is 0.688. The van der Waals surface area contributed by atoms with E-state index >= 15 is 0 Å².